The molecule has 5 nitrogen and oxygen atoms in total. The van der Waals surface area contributed by atoms with Crippen LogP contribution in [0.25, 0.3) is 0 Å². The van der Waals surface area contributed by atoms with Gasteiger partial charge in [0.25, 0.3) is 0 Å². The molecule has 74 valence electrons. The second kappa shape index (κ2) is 3.74. The Morgan fingerprint density at radius 3 is 2.31 bits per heavy atom. The first-order chi connectivity index (χ1) is 6.02. The summed E-state index contributed by atoms with van der Waals surface area (Å²) in [6.45, 7) is 1.34. The molecule has 3 N–H and O–H groups in total. The molecule has 0 aliphatic heterocycles. The van der Waals surface area contributed by atoms with E-state index in [-0.39, 0.29) is 11.8 Å². The number of aliphatic hydroxyl groups excluding tert-OH is 1. The number of hydrogen-bond acceptors (Lipinski definition) is 3. The lowest BCUT2D eigenvalue weighted by atomic mass is 10.2. The maximum Gasteiger partial charge on any atom is 0.328 e. The first-order valence-electron chi connectivity index (χ1n) is 4.23. The van der Waals surface area contributed by atoms with Crippen LogP contribution in [0, 0.1) is 5.92 Å². The van der Waals surface area contributed by atoms with Crippen LogP contribution >= 0.6 is 0 Å². The Bertz CT molecular complexity index is 222. The Labute approximate surface area is 75.7 Å². The van der Waals surface area contributed by atoms with Gasteiger partial charge in [-0.25, -0.2) is 4.79 Å². The molecule has 1 fully saturated rings. The fraction of sp³-hybridized carbons (Fsp3) is 0.750. The van der Waals surface area contributed by atoms with Gasteiger partial charge in [-0.3, -0.25) is 4.79 Å². The van der Waals surface area contributed by atoms with Gasteiger partial charge in [-0.05, 0) is 19.8 Å². The Balaban J connectivity index is 2.46. The van der Waals surface area contributed by atoms with Crippen LogP contribution in [0.1, 0.15) is 19.8 Å². The van der Waals surface area contributed by atoms with Crippen LogP contribution in [0.15, 0.2) is 0 Å². The van der Waals surface area contributed by atoms with E-state index >= 15 is 0 Å². The molecule has 0 aromatic carbocycles. The zero-order valence-electron chi connectivity index (χ0n) is 7.36. The van der Waals surface area contributed by atoms with Gasteiger partial charge in [0.2, 0.25) is 5.91 Å². The fourth-order valence-corrected chi connectivity index (χ4v) is 1.01. The van der Waals surface area contributed by atoms with E-state index < -0.39 is 18.1 Å². The van der Waals surface area contributed by atoms with E-state index in [4.69, 9.17) is 10.2 Å². The number of carbonyl (C=O) groups excluding carboxylic acids is 1. The molecule has 0 bridgehead atoms. The van der Waals surface area contributed by atoms with Crippen molar-refractivity contribution in [2.45, 2.75) is 31.9 Å². The van der Waals surface area contributed by atoms with Crippen LogP contribution in [-0.2, 0) is 9.59 Å². The van der Waals surface area contributed by atoms with Crippen LogP contribution in [-0.4, -0.2) is 34.2 Å². The van der Waals surface area contributed by atoms with Crippen LogP contribution in [0.2, 0.25) is 0 Å². The largest absolute Gasteiger partial charge is 0.480 e. The van der Waals surface area contributed by atoms with Crippen molar-refractivity contribution in [2.75, 3.05) is 0 Å². The summed E-state index contributed by atoms with van der Waals surface area (Å²) in [5, 5.41) is 19.9. The number of carbonyl (C=O) groups is 2. The molecule has 0 aromatic heterocycles. The number of carboxylic acid groups (broad SMARTS) is 1. The molecule has 1 saturated carbocycles. The summed E-state index contributed by atoms with van der Waals surface area (Å²) in [6, 6.07) is -1.19. The number of rotatable bonds is 4. The number of hydrogen-bond donors (Lipinski definition) is 3. The highest BCUT2D eigenvalue weighted by molar-refractivity contribution is 5.86. The van der Waals surface area contributed by atoms with Crippen molar-refractivity contribution in [3.63, 3.8) is 0 Å². The molecule has 0 heterocycles. The highest BCUT2D eigenvalue weighted by Gasteiger charge is 2.33. The fourth-order valence-electron chi connectivity index (χ4n) is 1.01. The minimum atomic E-state index is -1.20. The SMILES string of the molecule is CC(O)C(NC(=O)C1CC1)C(=O)O. The molecule has 1 amide bonds. The Kier molecular flexibility index (Phi) is 2.87. The minimum Gasteiger partial charge on any atom is -0.480 e. The van der Waals surface area contributed by atoms with Gasteiger partial charge >= 0.3 is 5.97 Å². The summed E-state index contributed by atoms with van der Waals surface area (Å²) in [5.41, 5.74) is 0. The van der Waals surface area contributed by atoms with E-state index in [0.29, 0.717) is 0 Å². The first-order valence-corrected chi connectivity index (χ1v) is 4.23. The molecule has 0 saturated heterocycles. The second-order valence-electron chi connectivity index (χ2n) is 3.34. The smallest absolute Gasteiger partial charge is 0.328 e. The molecule has 2 atom stereocenters. The lowest BCUT2D eigenvalue weighted by Gasteiger charge is -2.16. The number of amides is 1. The average molecular weight is 187 g/mol. The summed E-state index contributed by atoms with van der Waals surface area (Å²) < 4.78 is 0. The molecule has 1 aliphatic carbocycles. The third-order valence-corrected chi connectivity index (χ3v) is 1.99. The first kappa shape index (κ1) is 9.98. The normalized spacial score (nSPS) is 20.5. The van der Waals surface area contributed by atoms with Gasteiger partial charge in [0, 0.05) is 5.92 Å². The van der Waals surface area contributed by atoms with E-state index in [1.807, 2.05) is 0 Å². The van der Waals surface area contributed by atoms with Crippen molar-refractivity contribution in [1.29, 1.82) is 0 Å². The van der Waals surface area contributed by atoms with Crippen molar-refractivity contribution < 1.29 is 19.8 Å². The van der Waals surface area contributed by atoms with Gasteiger partial charge in [-0.2, -0.15) is 0 Å². The monoisotopic (exact) mass is 187 g/mol. The number of carboxylic acids is 1. The lowest BCUT2D eigenvalue weighted by Crippen LogP contribution is -2.48. The summed E-state index contributed by atoms with van der Waals surface area (Å²) in [6.07, 6.45) is 0.566. The molecule has 13 heavy (non-hydrogen) atoms. The van der Waals surface area contributed by atoms with Crippen LogP contribution in [0.5, 0.6) is 0 Å². The maximum absolute atomic E-state index is 11.1. The Morgan fingerprint density at radius 1 is 1.46 bits per heavy atom. The molecule has 0 radical (unpaired) electrons. The Morgan fingerprint density at radius 2 is 2.00 bits per heavy atom. The third kappa shape index (κ3) is 2.69. The summed E-state index contributed by atoms with van der Waals surface area (Å²) in [4.78, 5) is 21.7. The van der Waals surface area contributed by atoms with Crippen molar-refractivity contribution in [2.24, 2.45) is 5.92 Å². The third-order valence-electron chi connectivity index (χ3n) is 1.99. The van der Waals surface area contributed by atoms with Crippen molar-refractivity contribution in [1.82, 2.24) is 5.32 Å². The van der Waals surface area contributed by atoms with E-state index in [2.05, 4.69) is 5.32 Å². The molecule has 0 aromatic rings. The molecule has 5 heteroatoms. The molecule has 1 rings (SSSR count). The van der Waals surface area contributed by atoms with Crippen LogP contribution in [0.3, 0.4) is 0 Å². The minimum absolute atomic E-state index is 0.0411. The predicted molar refractivity (Wildman–Crippen MR) is 44.0 cm³/mol. The number of aliphatic hydroxyl groups is 1. The molecule has 0 spiro atoms. The highest BCUT2D eigenvalue weighted by Crippen LogP contribution is 2.28. The van der Waals surface area contributed by atoms with Gasteiger partial charge in [0.15, 0.2) is 6.04 Å². The quantitative estimate of drug-likeness (QED) is 0.545. The lowest BCUT2D eigenvalue weighted by molar-refractivity contribution is -0.145. The van der Waals surface area contributed by atoms with Gasteiger partial charge < -0.3 is 15.5 Å². The topological polar surface area (TPSA) is 86.6 Å². The van der Waals surface area contributed by atoms with E-state index in [9.17, 15) is 9.59 Å². The van der Waals surface area contributed by atoms with Gasteiger partial charge in [-0.1, -0.05) is 0 Å². The zero-order chi connectivity index (χ0) is 10.0. The second-order valence-corrected chi connectivity index (χ2v) is 3.34. The summed E-state index contributed by atoms with van der Waals surface area (Å²) in [7, 11) is 0. The number of nitrogens with one attached hydrogen (secondary N) is 1. The summed E-state index contributed by atoms with van der Waals surface area (Å²) >= 11 is 0. The van der Waals surface area contributed by atoms with Gasteiger partial charge in [-0.15, -0.1) is 0 Å². The standard InChI is InChI=1S/C8H13NO4/c1-4(10)6(8(12)13)9-7(11)5-2-3-5/h4-6,10H,2-3H2,1H3,(H,9,11)(H,12,13). The van der Waals surface area contributed by atoms with E-state index in [1.165, 1.54) is 6.92 Å². The van der Waals surface area contributed by atoms with Crippen LogP contribution in [0.4, 0.5) is 0 Å². The molecule has 2 unspecified atom stereocenters. The summed E-state index contributed by atoms with van der Waals surface area (Å²) in [5.74, 6) is -1.52. The van der Waals surface area contributed by atoms with E-state index in [1.54, 1.807) is 0 Å². The molecular weight excluding hydrogens is 174 g/mol. The Hall–Kier alpha value is -1.10. The molecule has 1 aliphatic rings. The number of aliphatic carboxylic acids is 1. The highest BCUT2D eigenvalue weighted by atomic mass is 16.4. The van der Waals surface area contributed by atoms with Crippen molar-refractivity contribution in [3.05, 3.63) is 0 Å². The zero-order valence-corrected chi connectivity index (χ0v) is 7.36. The van der Waals surface area contributed by atoms with E-state index in [0.717, 1.165) is 12.8 Å². The van der Waals surface area contributed by atoms with Gasteiger partial charge in [0.05, 0.1) is 6.10 Å². The predicted octanol–water partition coefficient (Wildman–Crippen LogP) is -0.653. The van der Waals surface area contributed by atoms with Crippen molar-refractivity contribution in [3.8, 4) is 0 Å². The molecular formula is C8H13NO4. The average Bonchev–Trinajstić information content (AvgIpc) is 2.80. The maximum atomic E-state index is 11.1. The van der Waals surface area contributed by atoms with Gasteiger partial charge in [0.1, 0.15) is 0 Å². The van der Waals surface area contributed by atoms with Crippen molar-refractivity contribution >= 4 is 11.9 Å². The van der Waals surface area contributed by atoms with Crippen LogP contribution < -0.4 is 5.32 Å².